The van der Waals surface area contributed by atoms with E-state index in [0.29, 0.717) is 30.0 Å². The van der Waals surface area contributed by atoms with Gasteiger partial charge in [0, 0.05) is 16.7 Å². The minimum Gasteiger partial charge on any atom is -0.490 e. The molecular weight excluding hydrogens is 550 g/mol. The van der Waals surface area contributed by atoms with E-state index >= 15 is 0 Å². The molecule has 184 valence electrons. The lowest BCUT2D eigenvalue weighted by molar-refractivity contribution is 0.0972. The highest BCUT2D eigenvalue weighted by Gasteiger charge is 2.17. The first-order valence-corrected chi connectivity index (χ1v) is 13.5. The fraction of sp³-hybridized carbons (Fsp3) is 0.200. The molecule has 10 heteroatoms. The molecule has 0 spiro atoms. The van der Waals surface area contributed by atoms with Crippen molar-refractivity contribution in [2.75, 3.05) is 11.9 Å². The maximum Gasteiger partial charge on any atom is 0.261 e. The smallest absolute Gasteiger partial charge is 0.261 e. The number of hydrogen-bond donors (Lipinski definition) is 3. The summed E-state index contributed by atoms with van der Waals surface area (Å²) >= 11 is 8.62. The van der Waals surface area contributed by atoms with Gasteiger partial charge in [0.2, 0.25) is 10.0 Å². The molecule has 0 aliphatic carbocycles. The van der Waals surface area contributed by atoms with Crippen LogP contribution in [-0.4, -0.2) is 32.1 Å². The van der Waals surface area contributed by atoms with Gasteiger partial charge in [-0.1, -0.05) is 46.3 Å². The average molecular weight is 577 g/mol. The first-order chi connectivity index (χ1) is 16.6. The molecule has 3 N–H and O–H groups in total. The van der Waals surface area contributed by atoms with E-state index in [4.69, 9.17) is 17.0 Å². The first-order valence-electron chi connectivity index (χ1n) is 10.9. The van der Waals surface area contributed by atoms with E-state index < -0.39 is 15.9 Å². The van der Waals surface area contributed by atoms with Crippen LogP contribution in [0.4, 0.5) is 5.69 Å². The number of amides is 1. The molecule has 0 aliphatic rings. The number of carbonyl (C=O) groups excluding carboxylic acids is 1. The van der Waals surface area contributed by atoms with E-state index in [1.165, 1.54) is 12.1 Å². The summed E-state index contributed by atoms with van der Waals surface area (Å²) in [5.41, 5.74) is 1.92. The summed E-state index contributed by atoms with van der Waals surface area (Å²) in [5.74, 6) is 0.0130. The van der Waals surface area contributed by atoms with Gasteiger partial charge in [0.15, 0.2) is 5.11 Å². The highest BCUT2D eigenvalue weighted by Crippen LogP contribution is 2.24. The van der Waals surface area contributed by atoms with Crippen molar-refractivity contribution < 1.29 is 17.9 Å². The lowest BCUT2D eigenvalue weighted by atomic mass is 10.2. The van der Waals surface area contributed by atoms with Crippen LogP contribution in [0.15, 0.2) is 82.2 Å². The topological polar surface area (TPSA) is 96.5 Å². The average Bonchev–Trinajstić information content (AvgIpc) is 2.81. The molecule has 0 saturated carbocycles. The van der Waals surface area contributed by atoms with Gasteiger partial charge in [0.25, 0.3) is 5.91 Å². The van der Waals surface area contributed by atoms with Crippen molar-refractivity contribution in [1.29, 1.82) is 0 Å². The van der Waals surface area contributed by atoms with Crippen molar-refractivity contribution >= 4 is 54.9 Å². The first kappa shape index (κ1) is 26.8. The van der Waals surface area contributed by atoms with Crippen LogP contribution < -0.4 is 20.1 Å². The standard InChI is InChI=1S/C25H26BrN3O4S2/c1-17(2)33-23-13-8-19(26)16-22(23)24(30)29-25(34)28-20-9-11-21(12-10-20)35(31,32)27-15-14-18-6-4-3-5-7-18/h3-13,16-17,27H,14-15H2,1-2H3,(H2,28,29,30,34). The molecule has 3 rings (SSSR count). The van der Waals surface area contributed by atoms with Crippen molar-refractivity contribution in [2.45, 2.75) is 31.3 Å². The second-order valence-corrected chi connectivity index (χ2v) is 11.0. The molecule has 0 fully saturated rings. The number of hydrogen-bond acceptors (Lipinski definition) is 5. The van der Waals surface area contributed by atoms with Gasteiger partial charge in [-0.3, -0.25) is 10.1 Å². The third-order valence-corrected chi connectivity index (χ3v) is 6.92. The van der Waals surface area contributed by atoms with Crippen LogP contribution >= 0.6 is 28.1 Å². The second kappa shape index (κ2) is 12.3. The number of nitrogens with one attached hydrogen (secondary N) is 3. The molecule has 0 saturated heterocycles. The molecular formula is C25H26BrN3O4S2. The number of benzene rings is 3. The van der Waals surface area contributed by atoms with E-state index in [-0.39, 0.29) is 16.1 Å². The van der Waals surface area contributed by atoms with Gasteiger partial charge >= 0.3 is 0 Å². The Kier molecular flexibility index (Phi) is 9.39. The van der Waals surface area contributed by atoms with Gasteiger partial charge in [-0.25, -0.2) is 13.1 Å². The SMILES string of the molecule is CC(C)Oc1ccc(Br)cc1C(=O)NC(=S)Nc1ccc(S(=O)(=O)NCCc2ccccc2)cc1. The Morgan fingerprint density at radius 1 is 1.03 bits per heavy atom. The van der Waals surface area contributed by atoms with Crippen molar-refractivity contribution in [3.63, 3.8) is 0 Å². The molecule has 1 amide bonds. The summed E-state index contributed by atoms with van der Waals surface area (Å²) in [6.07, 6.45) is 0.491. The molecule has 0 heterocycles. The predicted molar refractivity (Wildman–Crippen MR) is 145 cm³/mol. The van der Waals surface area contributed by atoms with Crippen molar-refractivity contribution in [1.82, 2.24) is 10.0 Å². The van der Waals surface area contributed by atoms with Gasteiger partial charge in [-0.15, -0.1) is 0 Å². The van der Waals surface area contributed by atoms with Gasteiger partial charge in [-0.2, -0.15) is 0 Å². The summed E-state index contributed by atoms with van der Waals surface area (Å²) in [6, 6.07) is 20.9. The summed E-state index contributed by atoms with van der Waals surface area (Å²) < 4.78 is 34.2. The molecule has 0 radical (unpaired) electrons. The molecule has 3 aromatic rings. The fourth-order valence-electron chi connectivity index (χ4n) is 3.14. The Hall–Kier alpha value is -2.79. The zero-order valence-corrected chi connectivity index (χ0v) is 22.5. The zero-order chi connectivity index (χ0) is 25.4. The van der Waals surface area contributed by atoms with Crippen LogP contribution in [-0.2, 0) is 16.4 Å². The number of ether oxygens (including phenoxy) is 1. The van der Waals surface area contributed by atoms with E-state index in [1.54, 1.807) is 30.3 Å². The van der Waals surface area contributed by atoms with Gasteiger partial charge < -0.3 is 10.1 Å². The third-order valence-electron chi connectivity index (χ3n) is 4.75. The number of sulfonamides is 1. The highest BCUT2D eigenvalue weighted by atomic mass is 79.9. The number of thiocarbonyl (C=S) groups is 1. The van der Waals surface area contributed by atoms with Crippen LogP contribution in [0, 0.1) is 0 Å². The van der Waals surface area contributed by atoms with E-state index in [2.05, 4.69) is 31.3 Å². The van der Waals surface area contributed by atoms with Gasteiger partial charge in [0.05, 0.1) is 16.6 Å². The molecule has 7 nitrogen and oxygen atoms in total. The molecule has 0 aliphatic heterocycles. The molecule has 35 heavy (non-hydrogen) atoms. The summed E-state index contributed by atoms with van der Waals surface area (Å²) in [5, 5.41) is 5.59. The maximum absolute atomic E-state index is 12.8. The van der Waals surface area contributed by atoms with Gasteiger partial charge in [-0.05, 0) is 80.5 Å². The van der Waals surface area contributed by atoms with Crippen LogP contribution in [0.3, 0.4) is 0 Å². The van der Waals surface area contributed by atoms with Crippen LogP contribution in [0.5, 0.6) is 5.75 Å². The lowest BCUT2D eigenvalue weighted by Gasteiger charge is -2.15. The van der Waals surface area contributed by atoms with Crippen LogP contribution in [0.1, 0.15) is 29.8 Å². The largest absolute Gasteiger partial charge is 0.490 e. The quantitative estimate of drug-likeness (QED) is 0.314. The molecule has 0 bridgehead atoms. The lowest BCUT2D eigenvalue weighted by Crippen LogP contribution is -2.34. The Labute approximate surface area is 219 Å². The van der Waals surface area contributed by atoms with E-state index in [0.717, 1.165) is 10.0 Å². The summed E-state index contributed by atoms with van der Waals surface area (Å²) in [7, 11) is -3.65. The van der Waals surface area contributed by atoms with Crippen molar-refractivity contribution in [3.8, 4) is 5.75 Å². The minimum atomic E-state index is -3.65. The maximum atomic E-state index is 12.8. The van der Waals surface area contributed by atoms with E-state index in [1.807, 2.05) is 44.2 Å². The second-order valence-electron chi connectivity index (χ2n) is 7.87. The number of anilines is 1. The van der Waals surface area contributed by atoms with Crippen LogP contribution in [0.25, 0.3) is 0 Å². The minimum absolute atomic E-state index is 0.0714. The Morgan fingerprint density at radius 2 is 1.71 bits per heavy atom. The van der Waals surface area contributed by atoms with E-state index in [9.17, 15) is 13.2 Å². The monoisotopic (exact) mass is 575 g/mol. The van der Waals surface area contributed by atoms with Crippen molar-refractivity contribution in [2.24, 2.45) is 0 Å². The van der Waals surface area contributed by atoms with Gasteiger partial charge in [0.1, 0.15) is 5.75 Å². The predicted octanol–water partition coefficient (Wildman–Crippen LogP) is 4.88. The Morgan fingerprint density at radius 3 is 2.37 bits per heavy atom. The summed E-state index contributed by atoms with van der Waals surface area (Å²) in [4.78, 5) is 12.9. The third kappa shape index (κ3) is 8.14. The number of halogens is 1. The summed E-state index contributed by atoms with van der Waals surface area (Å²) in [6.45, 7) is 4.04. The Balaban J connectivity index is 1.58. The zero-order valence-electron chi connectivity index (χ0n) is 19.2. The Bertz CT molecular complexity index is 1280. The number of rotatable bonds is 9. The van der Waals surface area contributed by atoms with Crippen LogP contribution in [0.2, 0.25) is 0 Å². The molecule has 0 unspecified atom stereocenters. The molecule has 0 atom stereocenters. The molecule has 0 aromatic heterocycles. The van der Waals surface area contributed by atoms with Crippen molar-refractivity contribution in [3.05, 3.63) is 88.4 Å². The highest BCUT2D eigenvalue weighted by molar-refractivity contribution is 9.10. The number of carbonyl (C=O) groups is 1. The molecule has 3 aromatic carbocycles. The normalized spacial score (nSPS) is 11.2. The fourth-order valence-corrected chi connectivity index (χ4v) is 4.75.